The van der Waals surface area contributed by atoms with Crippen molar-refractivity contribution in [2.24, 2.45) is 0 Å². The molecular weight excluding hydrogens is 210 g/mol. The Bertz CT molecular complexity index is 268. The van der Waals surface area contributed by atoms with Gasteiger partial charge in [-0.25, -0.2) is 9.59 Å². The van der Waals surface area contributed by atoms with E-state index in [1.807, 2.05) is 0 Å². The zero-order valence-electron chi connectivity index (χ0n) is 10.2. The Hall–Kier alpha value is -1.52. The van der Waals surface area contributed by atoms with E-state index in [9.17, 15) is 9.59 Å². The quantitative estimate of drug-likeness (QED) is 0.587. The van der Waals surface area contributed by atoms with E-state index in [4.69, 9.17) is 9.47 Å². The normalized spacial score (nSPS) is 12.5. The van der Waals surface area contributed by atoms with Crippen molar-refractivity contribution in [1.29, 1.82) is 0 Å². The summed E-state index contributed by atoms with van der Waals surface area (Å²) >= 11 is 0. The number of nitrogens with one attached hydrogen (secondary N) is 1. The molecule has 0 aliphatic heterocycles. The van der Waals surface area contributed by atoms with E-state index in [1.165, 1.54) is 13.0 Å². The van der Waals surface area contributed by atoms with Crippen LogP contribution in [0.1, 0.15) is 27.7 Å². The minimum atomic E-state index is -0.741. The highest BCUT2D eigenvalue weighted by Gasteiger charge is 2.21. The zero-order valence-corrected chi connectivity index (χ0v) is 10.2. The molecule has 0 saturated heterocycles. The van der Waals surface area contributed by atoms with Gasteiger partial charge in [-0.2, -0.15) is 0 Å². The Balaban J connectivity index is 4.04. The van der Waals surface area contributed by atoms with Crippen LogP contribution in [-0.4, -0.2) is 30.3 Å². The first-order chi connectivity index (χ1) is 7.26. The maximum absolute atomic E-state index is 11.3. The van der Waals surface area contributed by atoms with Gasteiger partial charge in [0.1, 0.15) is 18.2 Å². The number of esters is 1. The number of ether oxygens (including phenoxy) is 2. The number of alkyl carbamates (subject to hydrolysis) is 1. The first kappa shape index (κ1) is 14.5. The van der Waals surface area contributed by atoms with Gasteiger partial charge >= 0.3 is 12.1 Å². The summed E-state index contributed by atoms with van der Waals surface area (Å²) < 4.78 is 9.74. The Morgan fingerprint density at radius 1 is 1.44 bits per heavy atom. The summed E-state index contributed by atoms with van der Waals surface area (Å²) in [6, 6.07) is -0.741. The molecule has 5 nitrogen and oxygen atoms in total. The molecule has 0 bridgehead atoms. The number of carbonyl (C=O) groups is 2. The number of hydrogen-bond donors (Lipinski definition) is 1. The fourth-order valence-electron chi connectivity index (χ4n) is 0.809. The lowest BCUT2D eigenvalue weighted by Crippen LogP contribution is -2.42. The van der Waals surface area contributed by atoms with Gasteiger partial charge in [-0.15, -0.1) is 0 Å². The topological polar surface area (TPSA) is 64.6 Å². The fourth-order valence-corrected chi connectivity index (χ4v) is 0.809. The van der Waals surface area contributed by atoms with Crippen molar-refractivity contribution in [3.05, 3.63) is 12.7 Å². The van der Waals surface area contributed by atoms with E-state index in [0.29, 0.717) is 0 Å². The number of rotatable bonds is 4. The first-order valence-electron chi connectivity index (χ1n) is 5.03. The molecule has 0 aliphatic carbocycles. The van der Waals surface area contributed by atoms with Gasteiger partial charge in [0, 0.05) is 0 Å². The highest BCUT2D eigenvalue weighted by atomic mass is 16.6. The van der Waals surface area contributed by atoms with Crippen molar-refractivity contribution in [3.63, 3.8) is 0 Å². The second-order valence-electron chi connectivity index (χ2n) is 4.29. The minimum Gasteiger partial charge on any atom is -0.460 e. The summed E-state index contributed by atoms with van der Waals surface area (Å²) in [5.74, 6) is -0.522. The van der Waals surface area contributed by atoms with E-state index in [2.05, 4.69) is 11.9 Å². The van der Waals surface area contributed by atoms with Gasteiger partial charge in [0.2, 0.25) is 0 Å². The molecule has 5 heteroatoms. The molecule has 0 saturated carbocycles. The Kier molecular flexibility index (Phi) is 5.56. The van der Waals surface area contributed by atoms with Gasteiger partial charge in [-0.3, -0.25) is 0 Å². The van der Waals surface area contributed by atoms with Crippen molar-refractivity contribution in [2.75, 3.05) is 6.61 Å². The van der Waals surface area contributed by atoms with Crippen LogP contribution in [0.4, 0.5) is 4.79 Å². The maximum atomic E-state index is 11.3. The largest absolute Gasteiger partial charge is 0.460 e. The summed E-state index contributed by atoms with van der Waals surface area (Å²) in [5.41, 5.74) is -0.588. The van der Waals surface area contributed by atoms with E-state index in [0.717, 1.165) is 0 Å². The van der Waals surface area contributed by atoms with Crippen molar-refractivity contribution in [3.8, 4) is 0 Å². The lowest BCUT2D eigenvalue weighted by Gasteiger charge is -2.21. The van der Waals surface area contributed by atoms with Gasteiger partial charge in [0.05, 0.1) is 0 Å². The third-order valence-electron chi connectivity index (χ3n) is 1.43. The van der Waals surface area contributed by atoms with Crippen molar-refractivity contribution in [2.45, 2.75) is 39.3 Å². The van der Waals surface area contributed by atoms with Gasteiger partial charge in [0.15, 0.2) is 0 Å². The van der Waals surface area contributed by atoms with Crippen molar-refractivity contribution < 1.29 is 19.1 Å². The molecule has 1 amide bonds. The monoisotopic (exact) mass is 229 g/mol. The molecule has 1 atom stereocenters. The molecule has 0 unspecified atom stereocenters. The Labute approximate surface area is 95.8 Å². The molecule has 0 fully saturated rings. The predicted octanol–water partition coefficient (Wildman–Crippen LogP) is 1.63. The van der Waals surface area contributed by atoms with Crippen LogP contribution in [0.3, 0.4) is 0 Å². The Morgan fingerprint density at radius 3 is 2.44 bits per heavy atom. The molecule has 92 valence electrons. The van der Waals surface area contributed by atoms with Crippen LogP contribution in [-0.2, 0) is 14.3 Å². The van der Waals surface area contributed by atoms with E-state index >= 15 is 0 Å². The molecule has 0 aliphatic rings. The lowest BCUT2D eigenvalue weighted by molar-refractivity contribution is -0.144. The van der Waals surface area contributed by atoms with Gasteiger partial charge in [0.25, 0.3) is 0 Å². The molecule has 0 rings (SSSR count). The summed E-state index contributed by atoms with van der Waals surface area (Å²) in [7, 11) is 0. The molecule has 1 N–H and O–H groups in total. The molecule has 0 heterocycles. The average Bonchev–Trinajstić information content (AvgIpc) is 2.10. The molecule has 0 radical (unpaired) electrons. The number of carbonyl (C=O) groups excluding carboxylic acids is 2. The highest BCUT2D eigenvalue weighted by Crippen LogP contribution is 2.06. The van der Waals surface area contributed by atoms with E-state index in [-0.39, 0.29) is 6.61 Å². The minimum absolute atomic E-state index is 0.124. The van der Waals surface area contributed by atoms with Gasteiger partial charge in [-0.05, 0) is 27.7 Å². The van der Waals surface area contributed by atoms with Crippen molar-refractivity contribution >= 4 is 12.1 Å². The number of amides is 1. The summed E-state index contributed by atoms with van der Waals surface area (Å²) in [5, 5.41) is 2.38. The summed E-state index contributed by atoms with van der Waals surface area (Å²) in [6.45, 7) is 10.3. The first-order valence-corrected chi connectivity index (χ1v) is 5.03. The smallest absolute Gasteiger partial charge is 0.408 e. The highest BCUT2D eigenvalue weighted by molar-refractivity contribution is 5.81. The van der Waals surface area contributed by atoms with Crippen LogP contribution in [0.25, 0.3) is 0 Å². The van der Waals surface area contributed by atoms with Crippen LogP contribution in [0.5, 0.6) is 0 Å². The number of hydrogen-bond acceptors (Lipinski definition) is 4. The van der Waals surface area contributed by atoms with E-state index < -0.39 is 23.7 Å². The summed E-state index contributed by atoms with van der Waals surface area (Å²) in [4.78, 5) is 22.5. The second kappa shape index (κ2) is 6.15. The van der Waals surface area contributed by atoms with Crippen LogP contribution in [0.15, 0.2) is 12.7 Å². The third kappa shape index (κ3) is 6.86. The zero-order chi connectivity index (χ0) is 12.8. The van der Waals surface area contributed by atoms with Crippen LogP contribution in [0, 0.1) is 0 Å². The molecule has 0 spiro atoms. The fraction of sp³-hybridized carbons (Fsp3) is 0.636. The average molecular weight is 229 g/mol. The third-order valence-corrected chi connectivity index (χ3v) is 1.43. The predicted molar refractivity (Wildman–Crippen MR) is 60.0 cm³/mol. The standard InChI is InChI=1S/C11H19NO4/c1-6-7-15-9(13)8(2)12-10(14)16-11(3,4)5/h6,8H,1,7H2,2-5H3,(H,12,14)/t8-/m0/s1. The molecule has 16 heavy (non-hydrogen) atoms. The molecule has 0 aromatic carbocycles. The second-order valence-corrected chi connectivity index (χ2v) is 4.29. The van der Waals surface area contributed by atoms with Crippen LogP contribution in [0.2, 0.25) is 0 Å². The SMILES string of the molecule is C=CCOC(=O)[C@H](C)NC(=O)OC(C)(C)C. The van der Waals surface area contributed by atoms with Crippen LogP contribution < -0.4 is 5.32 Å². The van der Waals surface area contributed by atoms with Gasteiger partial charge in [-0.1, -0.05) is 12.7 Å². The van der Waals surface area contributed by atoms with Crippen LogP contribution >= 0.6 is 0 Å². The maximum Gasteiger partial charge on any atom is 0.408 e. The molecule has 0 aromatic rings. The summed E-state index contributed by atoms with van der Waals surface area (Å²) in [6.07, 6.45) is 0.813. The van der Waals surface area contributed by atoms with Crippen molar-refractivity contribution in [1.82, 2.24) is 5.32 Å². The van der Waals surface area contributed by atoms with Gasteiger partial charge < -0.3 is 14.8 Å². The van der Waals surface area contributed by atoms with E-state index in [1.54, 1.807) is 20.8 Å². The lowest BCUT2D eigenvalue weighted by atomic mass is 10.2. The molecular formula is C11H19NO4. The molecule has 0 aromatic heterocycles. The Morgan fingerprint density at radius 2 is 2.00 bits per heavy atom.